The molecule has 122 valence electrons. The molecule has 0 aliphatic carbocycles. The van der Waals surface area contributed by atoms with Gasteiger partial charge in [-0.2, -0.15) is 0 Å². The number of amides is 2. The van der Waals surface area contributed by atoms with Gasteiger partial charge in [-0.05, 0) is 38.1 Å². The number of nitrogens with one attached hydrogen (secondary N) is 2. The van der Waals surface area contributed by atoms with Crippen molar-refractivity contribution in [1.29, 1.82) is 0 Å². The normalized spacial score (nSPS) is 11.4. The Labute approximate surface area is 129 Å². The molecule has 1 aromatic rings. The summed E-state index contributed by atoms with van der Waals surface area (Å²) in [4.78, 5) is 23.2. The minimum absolute atomic E-state index is 0.182. The van der Waals surface area contributed by atoms with E-state index in [1.807, 2.05) is 6.92 Å². The molecule has 0 aromatic heterocycles. The number of ether oxygens (including phenoxy) is 3. The van der Waals surface area contributed by atoms with E-state index < -0.39 is 12.0 Å². The van der Waals surface area contributed by atoms with Gasteiger partial charge in [0.15, 0.2) is 6.10 Å². The van der Waals surface area contributed by atoms with Gasteiger partial charge in [0.25, 0.3) is 5.91 Å². The first kappa shape index (κ1) is 17.8. The molecular formula is C15H22N2O5. The maximum Gasteiger partial charge on any atom is 0.279 e. The summed E-state index contributed by atoms with van der Waals surface area (Å²) in [6, 6.07) is 6.86. The van der Waals surface area contributed by atoms with E-state index in [-0.39, 0.29) is 12.3 Å². The minimum atomic E-state index is -0.749. The second-order valence-electron chi connectivity index (χ2n) is 4.42. The topological polar surface area (TPSA) is 85.9 Å². The molecule has 0 bridgehead atoms. The fourth-order valence-corrected chi connectivity index (χ4v) is 1.52. The van der Waals surface area contributed by atoms with E-state index in [9.17, 15) is 9.59 Å². The number of hydrogen-bond acceptors (Lipinski definition) is 5. The standard InChI is InChI=1S/C15H22N2O5/c1-4-21-10-9-14(18)16-17-15(19)11(2)22-13-7-5-12(20-3)6-8-13/h5-8,11H,4,9-10H2,1-3H3,(H,16,18)(H,17,19). The molecule has 7 heteroatoms. The molecule has 0 spiro atoms. The highest BCUT2D eigenvalue weighted by molar-refractivity contribution is 5.84. The first-order valence-corrected chi connectivity index (χ1v) is 7.04. The maximum absolute atomic E-state index is 11.8. The SMILES string of the molecule is CCOCCC(=O)NNC(=O)C(C)Oc1ccc(OC)cc1. The average Bonchev–Trinajstić information content (AvgIpc) is 2.53. The van der Waals surface area contributed by atoms with Crippen LogP contribution in [0.4, 0.5) is 0 Å². The Bertz CT molecular complexity index is 475. The molecule has 1 aromatic carbocycles. The van der Waals surface area contributed by atoms with Crippen molar-refractivity contribution >= 4 is 11.8 Å². The highest BCUT2D eigenvalue weighted by Crippen LogP contribution is 2.18. The van der Waals surface area contributed by atoms with Crippen molar-refractivity contribution in [3.05, 3.63) is 24.3 Å². The zero-order valence-corrected chi connectivity index (χ0v) is 13.0. The maximum atomic E-state index is 11.8. The van der Waals surface area contributed by atoms with Crippen molar-refractivity contribution in [2.75, 3.05) is 20.3 Å². The highest BCUT2D eigenvalue weighted by Gasteiger charge is 2.15. The van der Waals surface area contributed by atoms with E-state index in [4.69, 9.17) is 14.2 Å². The second-order valence-corrected chi connectivity index (χ2v) is 4.42. The van der Waals surface area contributed by atoms with Crippen LogP contribution in [0, 0.1) is 0 Å². The van der Waals surface area contributed by atoms with Crippen molar-refractivity contribution in [2.45, 2.75) is 26.4 Å². The molecule has 2 amide bonds. The fraction of sp³-hybridized carbons (Fsp3) is 0.467. The lowest BCUT2D eigenvalue weighted by Gasteiger charge is -2.15. The fourth-order valence-electron chi connectivity index (χ4n) is 1.52. The van der Waals surface area contributed by atoms with Crippen LogP contribution in [0.5, 0.6) is 11.5 Å². The molecule has 1 rings (SSSR count). The molecule has 0 aliphatic rings. The van der Waals surface area contributed by atoms with Crippen molar-refractivity contribution in [3.8, 4) is 11.5 Å². The van der Waals surface area contributed by atoms with Crippen LogP contribution in [0.2, 0.25) is 0 Å². The molecular weight excluding hydrogens is 288 g/mol. The van der Waals surface area contributed by atoms with Crippen molar-refractivity contribution < 1.29 is 23.8 Å². The Kier molecular flexibility index (Phi) is 7.77. The summed E-state index contributed by atoms with van der Waals surface area (Å²) in [5.74, 6) is 0.469. The molecule has 22 heavy (non-hydrogen) atoms. The number of methoxy groups -OCH3 is 1. The van der Waals surface area contributed by atoms with Crippen LogP contribution in [0.15, 0.2) is 24.3 Å². The molecule has 7 nitrogen and oxygen atoms in total. The lowest BCUT2D eigenvalue weighted by atomic mass is 10.3. The number of hydrogen-bond donors (Lipinski definition) is 2. The summed E-state index contributed by atoms with van der Waals surface area (Å²) in [6.45, 7) is 4.30. The van der Waals surface area contributed by atoms with Crippen molar-refractivity contribution in [3.63, 3.8) is 0 Å². The smallest absolute Gasteiger partial charge is 0.279 e. The third-order valence-corrected chi connectivity index (χ3v) is 2.74. The van der Waals surface area contributed by atoms with Crippen LogP contribution in [-0.4, -0.2) is 38.2 Å². The van der Waals surface area contributed by atoms with E-state index >= 15 is 0 Å². The van der Waals surface area contributed by atoms with E-state index in [2.05, 4.69) is 10.9 Å². The molecule has 0 aliphatic heterocycles. The third kappa shape index (κ3) is 6.45. The number of benzene rings is 1. The van der Waals surface area contributed by atoms with Gasteiger partial charge in [-0.3, -0.25) is 20.4 Å². The number of hydrazine groups is 1. The molecule has 1 atom stereocenters. The Morgan fingerprint density at radius 1 is 1.14 bits per heavy atom. The summed E-state index contributed by atoms with van der Waals surface area (Å²) in [6.07, 6.45) is -0.567. The van der Waals surface area contributed by atoms with Crippen LogP contribution >= 0.6 is 0 Å². The van der Waals surface area contributed by atoms with E-state index in [1.165, 1.54) is 0 Å². The zero-order chi connectivity index (χ0) is 16.4. The Morgan fingerprint density at radius 3 is 2.36 bits per heavy atom. The second kappa shape index (κ2) is 9.62. The zero-order valence-electron chi connectivity index (χ0n) is 13.0. The molecule has 0 saturated carbocycles. The molecule has 1 unspecified atom stereocenters. The highest BCUT2D eigenvalue weighted by atomic mass is 16.5. The van der Waals surface area contributed by atoms with Gasteiger partial charge >= 0.3 is 0 Å². The predicted molar refractivity (Wildman–Crippen MR) is 80.5 cm³/mol. The number of carbonyl (C=O) groups excluding carboxylic acids is 2. The molecule has 0 fully saturated rings. The van der Waals surface area contributed by atoms with E-state index in [0.717, 1.165) is 0 Å². The lowest BCUT2D eigenvalue weighted by Crippen LogP contribution is -2.47. The van der Waals surface area contributed by atoms with Crippen molar-refractivity contribution in [2.24, 2.45) is 0 Å². The molecule has 0 heterocycles. The van der Waals surface area contributed by atoms with E-state index in [1.54, 1.807) is 38.3 Å². The third-order valence-electron chi connectivity index (χ3n) is 2.74. The van der Waals surface area contributed by atoms with Gasteiger partial charge in [0.05, 0.1) is 20.1 Å². The summed E-state index contributed by atoms with van der Waals surface area (Å²) in [5.41, 5.74) is 4.62. The Hall–Kier alpha value is -2.28. The van der Waals surface area contributed by atoms with Crippen molar-refractivity contribution in [1.82, 2.24) is 10.9 Å². The van der Waals surface area contributed by atoms with Gasteiger partial charge in [0, 0.05) is 6.61 Å². The molecule has 0 radical (unpaired) electrons. The largest absolute Gasteiger partial charge is 0.497 e. The van der Waals surface area contributed by atoms with Gasteiger partial charge in [-0.15, -0.1) is 0 Å². The summed E-state index contributed by atoms with van der Waals surface area (Å²) in [5, 5.41) is 0. The Balaban J connectivity index is 2.33. The summed E-state index contributed by atoms with van der Waals surface area (Å²) < 4.78 is 15.5. The first-order chi connectivity index (χ1) is 10.6. The van der Waals surface area contributed by atoms with Crippen LogP contribution in [0.3, 0.4) is 0 Å². The predicted octanol–water partition coefficient (Wildman–Crippen LogP) is 1.04. The number of rotatable bonds is 8. The Morgan fingerprint density at radius 2 is 1.77 bits per heavy atom. The van der Waals surface area contributed by atoms with Crippen LogP contribution in [-0.2, 0) is 14.3 Å². The number of carbonyl (C=O) groups is 2. The van der Waals surface area contributed by atoms with Gasteiger partial charge in [0.1, 0.15) is 11.5 Å². The molecule has 2 N–H and O–H groups in total. The summed E-state index contributed by atoms with van der Waals surface area (Å²) in [7, 11) is 1.57. The lowest BCUT2D eigenvalue weighted by molar-refractivity contribution is -0.133. The van der Waals surface area contributed by atoms with Gasteiger partial charge in [-0.25, -0.2) is 0 Å². The average molecular weight is 310 g/mol. The van der Waals surface area contributed by atoms with Gasteiger partial charge < -0.3 is 14.2 Å². The quantitative estimate of drug-likeness (QED) is 0.553. The van der Waals surface area contributed by atoms with Gasteiger partial charge in [0.2, 0.25) is 5.91 Å². The minimum Gasteiger partial charge on any atom is -0.497 e. The van der Waals surface area contributed by atoms with Crippen LogP contribution in [0.1, 0.15) is 20.3 Å². The van der Waals surface area contributed by atoms with E-state index in [0.29, 0.717) is 24.7 Å². The van der Waals surface area contributed by atoms with Gasteiger partial charge in [-0.1, -0.05) is 0 Å². The first-order valence-electron chi connectivity index (χ1n) is 7.04. The summed E-state index contributed by atoms with van der Waals surface area (Å²) >= 11 is 0. The van der Waals surface area contributed by atoms with Crippen LogP contribution < -0.4 is 20.3 Å². The molecule has 0 saturated heterocycles. The monoisotopic (exact) mass is 310 g/mol. The van der Waals surface area contributed by atoms with Crippen LogP contribution in [0.25, 0.3) is 0 Å².